The van der Waals surface area contributed by atoms with E-state index in [1.165, 1.54) is 23.5 Å². The molecule has 10 heteroatoms. The van der Waals surface area contributed by atoms with Crippen LogP contribution in [-0.2, 0) is 37.4 Å². The molecule has 1 aliphatic heterocycles. The first-order valence-corrected chi connectivity index (χ1v) is 15.8. The molecule has 43 heavy (non-hydrogen) atoms. The molecule has 230 valence electrons. The quantitative estimate of drug-likeness (QED) is 0.274. The molecule has 0 spiro atoms. The number of sulfonamides is 1. The van der Waals surface area contributed by atoms with E-state index in [4.69, 9.17) is 14.2 Å². The maximum absolute atomic E-state index is 14.3. The lowest BCUT2D eigenvalue weighted by Crippen LogP contribution is -2.53. The van der Waals surface area contributed by atoms with Crippen LogP contribution in [0.3, 0.4) is 0 Å². The van der Waals surface area contributed by atoms with Gasteiger partial charge in [-0.2, -0.15) is 4.31 Å². The van der Waals surface area contributed by atoms with Gasteiger partial charge in [0, 0.05) is 19.6 Å². The molecular weight excluding hydrogens is 568 g/mol. The summed E-state index contributed by atoms with van der Waals surface area (Å²) in [4.78, 5) is 28.4. The topological polar surface area (TPSA) is 102 Å². The second-order valence-corrected chi connectivity index (χ2v) is 13.4. The Morgan fingerprint density at radius 1 is 0.884 bits per heavy atom. The van der Waals surface area contributed by atoms with Crippen LogP contribution in [0, 0.1) is 5.92 Å². The van der Waals surface area contributed by atoms with E-state index < -0.39 is 39.6 Å². The van der Waals surface area contributed by atoms with Crippen molar-refractivity contribution in [2.24, 2.45) is 5.92 Å². The minimum absolute atomic E-state index is 0.00862. The molecule has 9 nitrogen and oxygen atoms in total. The lowest BCUT2D eigenvalue weighted by molar-refractivity contribution is -0.152. The zero-order valence-electron chi connectivity index (χ0n) is 25.1. The van der Waals surface area contributed by atoms with Crippen LogP contribution in [0.2, 0.25) is 0 Å². The van der Waals surface area contributed by atoms with Crippen molar-refractivity contribution < 1.29 is 32.2 Å². The number of esters is 1. The van der Waals surface area contributed by atoms with Crippen LogP contribution in [0.25, 0.3) is 0 Å². The number of amides is 1. The van der Waals surface area contributed by atoms with E-state index in [1.54, 1.807) is 17.0 Å². The third-order valence-electron chi connectivity index (χ3n) is 7.26. The van der Waals surface area contributed by atoms with Crippen molar-refractivity contribution in [2.45, 2.75) is 63.3 Å². The predicted octanol–water partition coefficient (Wildman–Crippen LogP) is 5.65. The Labute approximate surface area is 254 Å². The molecule has 1 unspecified atom stereocenters. The molecule has 1 heterocycles. The van der Waals surface area contributed by atoms with Gasteiger partial charge in [0.2, 0.25) is 10.0 Å². The molecule has 0 N–H and O–H groups in total. The van der Waals surface area contributed by atoms with Gasteiger partial charge >= 0.3 is 12.1 Å². The van der Waals surface area contributed by atoms with E-state index in [9.17, 15) is 18.0 Å². The van der Waals surface area contributed by atoms with E-state index in [-0.39, 0.29) is 18.0 Å². The molecule has 0 aliphatic carbocycles. The maximum atomic E-state index is 14.3. The Balaban J connectivity index is 1.69. The van der Waals surface area contributed by atoms with E-state index in [2.05, 4.69) is 0 Å². The SMILES string of the molecule is COc1ccc(S(=O)(=O)N(Cc2ccccc2)C(C(=O)OCc2ccccc2)C2CCN(C(=O)OC(C)(C)C)CC2)cc1. The third kappa shape index (κ3) is 8.58. The van der Waals surface area contributed by atoms with Gasteiger partial charge in [0.25, 0.3) is 0 Å². The summed E-state index contributed by atoms with van der Waals surface area (Å²) in [6.45, 7) is 6.04. The number of ether oxygens (including phenoxy) is 3. The first-order valence-electron chi connectivity index (χ1n) is 14.4. The molecule has 1 aliphatic rings. The minimum Gasteiger partial charge on any atom is -0.497 e. The van der Waals surface area contributed by atoms with E-state index in [0.29, 0.717) is 31.7 Å². The normalized spacial score (nSPS) is 15.1. The number of hydrogen-bond donors (Lipinski definition) is 0. The highest BCUT2D eigenvalue weighted by Gasteiger charge is 2.43. The van der Waals surface area contributed by atoms with Crippen molar-refractivity contribution in [1.82, 2.24) is 9.21 Å². The van der Waals surface area contributed by atoms with Gasteiger partial charge in [-0.3, -0.25) is 4.79 Å². The van der Waals surface area contributed by atoms with E-state index in [0.717, 1.165) is 11.1 Å². The van der Waals surface area contributed by atoms with Crippen molar-refractivity contribution in [3.8, 4) is 5.75 Å². The molecule has 3 aromatic carbocycles. The van der Waals surface area contributed by atoms with Gasteiger partial charge in [0.05, 0.1) is 12.0 Å². The van der Waals surface area contributed by atoms with Gasteiger partial charge in [-0.15, -0.1) is 0 Å². The minimum atomic E-state index is -4.18. The summed E-state index contributed by atoms with van der Waals surface area (Å²) in [6, 6.07) is 23.4. The molecule has 0 bridgehead atoms. The van der Waals surface area contributed by atoms with Crippen molar-refractivity contribution >= 4 is 22.1 Å². The lowest BCUT2D eigenvalue weighted by Gasteiger charge is -2.39. The van der Waals surface area contributed by atoms with Crippen LogP contribution < -0.4 is 4.74 Å². The fraction of sp³-hybridized carbons (Fsp3) is 0.394. The molecule has 1 fully saturated rings. The Bertz CT molecular complexity index is 1450. The van der Waals surface area contributed by atoms with Gasteiger partial charge in [-0.1, -0.05) is 60.7 Å². The summed E-state index contributed by atoms with van der Waals surface area (Å²) in [7, 11) is -2.68. The number of likely N-dealkylation sites (tertiary alicyclic amines) is 1. The number of hydrogen-bond acceptors (Lipinski definition) is 7. The molecule has 0 saturated carbocycles. The number of carbonyl (C=O) groups is 2. The average molecular weight is 609 g/mol. The van der Waals surface area contributed by atoms with E-state index in [1.807, 2.05) is 81.4 Å². The number of nitrogens with zero attached hydrogens (tertiary/aromatic N) is 2. The Kier molecular flexibility index (Phi) is 10.5. The molecule has 1 saturated heterocycles. The Morgan fingerprint density at radius 3 is 1.98 bits per heavy atom. The molecule has 1 atom stereocenters. The molecular formula is C33H40N2O7S. The molecule has 3 aromatic rings. The largest absolute Gasteiger partial charge is 0.497 e. The first kappa shape index (κ1) is 32.0. The number of carbonyl (C=O) groups excluding carboxylic acids is 2. The fourth-order valence-corrected chi connectivity index (χ4v) is 6.69. The van der Waals surface area contributed by atoms with Crippen LogP contribution in [0.5, 0.6) is 5.75 Å². The number of piperidine rings is 1. The number of methoxy groups -OCH3 is 1. The average Bonchev–Trinajstić information content (AvgIpc) is 3.00. The number of benzene rings is 3. The van der Waals surface area contributed by atoms with Gasteiger partial charge in [0.15, 0.2) is 0 Å². The summed E-state index contributed by atoms with van der Waals surface area (Å²) >= 11 is 0. The van der Waals surface area contributed by atoms with Gasteiger partial charge < -0.3 is 19.1 Å². The van der Waals surface area contributed by atoms with Crippen molar-refractivity contribution in [2.75, 3.05) is 20.2 Å². The second-order valence-electron chi connectivity index (χ2n) is 11.6. The third-order valence-corrected chi connectivity index (χ3v) is 9.10. The highest BCUT2D eigenvalue weighted by Crippen LogP contribution is 2.32. The van der Waals surface area contributed by atoms with Gasteiger partial charge in [-0.25, -0.2) is 13.2 Å². The van der Waals surface area contributed by atoms with Crippen LogP contribution >= 0.6 is 0 Å². The Hall–Kier alpha value is -3.89. The van der Waals surface area contributed by atoms with Crippen LogP contribution in [0.1, 0.15) is 44.7 Å². The summed E-state index contributed by atoms with van der Waals surface area (Å²) in [5.41, 5.74) is 0.880. The van der Waals surface area contributed by atoms with Crippen molar-refractivity contribution in [3.05, 3.63) is 96.1 Å². The molecule has 0 radical (unpaired) electrons. The van der Waals surface area contributed by atoms with Crippen LogP contribution in [0.15, 0.2) is 89.8 Å². The highest BCUT2D eigenvalue weighted by molar-refractivity contribution is 7.89. The Morgan fingerprint density at radius 2 is 1.44 bits per heavy atom. The van der Waals surface area contributed by atoms with E-state index >= 15 is 0 Å². The molecule has 1 amide bonds. The van der Waals surface area contributed by atoms with Crippen molar-refractivity contribution in [1.29, 1.82) is 0 Å². The summed E-state index contributed by atoms with van der Waals surface area (Å²) in [6.07, 6.45) is 0.364. The second kappa shape index (κ2) is 14.1. The van der Waals surface area contributed by atoms with Gasteiger partial charge in [0.1, 0.15) is 24.0 Å². The maximum Gasteiger partial charge on any atom is 0.410 e. The standard InChI is InChI=1S/C33H40N2O7S/c1-33(2,3)42-32(37)34-21-19-27(20-22-34)30(31(36)41-24-26-13-9-6-10-14-26)35(23-25-11-7-5-8-12-25)43(38,39)29-17-15-28(40-4)16-18-29/h5-18,27,30H,19-24H2,1-4H3. The predicted molar refractivity (Wildman–Crippen MR) is 163 cm³/mol. The smallest absolute Gasteiger partial charge is 0.410 e. The summed E-state index contributed by atoms with van der Waals surface area (Å²) in [5, 5.41) is 0. The summed E-state index contributed by atoms with van der Waals surface area (Å²) < 4.78 is 46.5. The monoisotopic (exact) mass is 608 g/mol. The van der Waals surface area contributed by atoms with Gasteiger partial charge in [-0.05, 0) is 74.9 Å². The highest BCUT2D eigenvalue weighted by atomic mass is 32.2. The first-order chi connectivity index (χ1) is 20.5. The number of rotatable bonds is 10. The lowest BCUT2D eigenvalue weighted by atomic mass is 9.89. The van der Waals surface area contributed by atoms with Crippen molar-refractivity contribution in [3.63, 3.8) is 0 Å². The van der Waals surface area contributed by atoms with Crippen LogP contribution in [-0.4, -0.2) is 61.5 Å². The molecule has 4 rings (SSSR count). The summed E-state index contributed by atoms with van der Waals surface area (Å²) in [5.74, 6) is -0.520. The fourth-order valence-electron chi connectivity index (χ4n) is 5.06. The van der Waals surface area contributed by atoms with Crippen LogP contribution in [0.4, 0.5) is 4.79 Å². The zero-order chi connectivity index (χ0) is 31.0. The molecule has 0 aromatic heterocycles. The zero-order valence-corrected chi connectivity index (χ0v) is 26.0.